The predicted octanol–water partition coefficient (Wildman–Crippen LogP) is 2.38. The van der Waals surface area contributed by atoms with Crippen LogP contribution in [-0.4, -0.2) is 37.0 Å². The van der Waals surface area contributed by atoms with Gasteiger partial charge in [0.15, 0.2) is 0 Å². The molecule has 1 amide bonds. The highest BCUT2D eigenvalue weighted by Crippen LogP contribution is 2.26. The maximum absolute atomic E-state index is 12.4. The number of hydrogen-bond donors (Lipinski definition) is 1. The van der Waals surface area contributed by atoms with Gasteiger partial charge >= 0.3 is 0 Å². The molecule has 1 heterocycles. The van der Waals surface area contributed by atoms with Crippen LogP contribution < -0.4 is 10.1 Å². The quantitative estimate of drug-likeness (QED) is 0.923. The fraction of sp³-hybridized carbons (Fsp3) is 0.500. The highest BCUT2D eigenvalue weighted by molar-refractivity contribution is 5.85. The van der Waals surface area contributed by atoms with Crippen LogP contribution in [0.25, 0.3) is 0 Å². The standard InChI is InChI=1S/C16H21N3O2/c1-12(16(20)19-8-4-3-5-9-19)18-14-7-6-13(11-17)10-15(14)21-2/h6-7,10,12,18H,3-5,8-9H2,1-2H3. The van der Waals surface area contributed by atoms with Crippen molar-refractivity contribution in [1.82, 2.24) is 4.90 Å². The summed E-state index contributed by atoms with van der Waals surface area (Å²) in [5.74, 6) is 0.688. The molecule has 1 aromatic rings. The van der Waals surface area contributed by atoms with Gasteiger partial charge in [0.05, 0.1) is 24.4 Å². The number of anilines is 1. The van der Waals surface area contributed by atoms with Crippen molar-refractivity contribution in [3.05, 3.63) is 23.8 Å². The molecule has 5 heteroatoms. The minimum Gasteiger partial charge on any atom is -0.495 e. The summed E-state index contributed by atoms with van der Waals surface area (Å²) in [6.07, 6.45) is 3.37. The van der Waals surface area contributed by atoms with E-state index in [2.05, 4.69) is 11.4 Å². The number of rotatable bonds is 4. The summed E-state index contributed by atoms with van der Waals surface area (Å²) in [5, 5.41) is 12.1. The van der Waals surface area contributed by atoms with E-state index in [-0.39, 0.29) is 11.9 Å². The van der Waals surface area contributed by atoms with Gasteiger partial charge in [-0.15, -0.1) is 0 Å². The number of methoxy groups -OCH3 is 1. The van der Waals surface area contributed by atoms with Crippen LogP contribution in [0.3, 0.4) is 0 Å². The molecule has 0 saturated carbocycles. The van der Waals surface area contributed by atoms with Crippen LogP contribution in [0.4, 0.5) is 5.69 Å². The van der Waals surface area contributed by atoms with Gasteiger partial charge in [-0.05, 0) is 38.3 Å². The number of likely N-dealkylation sites (tertiary alicyclic amines) is 1. The number of nitriles is 1. The average molecular weight is 287 g/mol. The van der Waals surface area contributed by atoms with Gasteiger partial charge in [0.25, 0.3) is 0 Å². The number of piperidine rings is 1. The number of carbonyl (C=O) groups is 1. The third kappa shape index (κ3) is 3.66. The fourth-order valence-electron chi connectivity index (χ4n) is 2.56. The van der Waals surface area contributed by atoms with Gasteiger partial charge in [0, 0.05) is 19.2 Å². The molecule has 1 aliphatic rings. The van der Waals surface area contributed by atoms with Gasteiger partial charge in [0.2, 0.25) is 5.91 Å². The SMILES string of the molecule is COc1cc(C#N)ccc1NC(C)C(=O)N1CCCCC1. The lowest BCUT2D eigenvalue weighted by Crippen LogP contribution is -2.43. The number of carbonyl (C=O) groups excluding carboxylic acids is 1. The Kier molecular flexibility index (Phi) is 5.04. The lowest BCUT2D eigenvalue weighted by atomic mass is 10.1. The van der Waals surface area contributed by atoms with Crippen LogP contribution in [0.1, 0.15) is 31.7 Å². The van der Waals surface area contributed by atoms with Crippen LogP contribution in [0, 0.1) is 11.3 Å². The fourth-order valence-corrected chi connectivity index (χ4v) is 2.56. The van der Waals surface area contributed by atoms with Gasteiger partial charge < -0.3 is 15.0 Å². The van der Waals surface area contributed by atoms with Gasteiger partial charge in [-0.2, -0.15) is 5.26 Å². The number of nitrogens with one attached hydrogen (secondary N) is 1. The van der Waals surface area contributed by atoms with Gasteiger partial charge in [-0.3, -0.25) is 4.79 Å². The highest BCUT2D eigenvalue weighted by atomic mass is 16.5. The van der Waals surface area contributed by atoms with Crippen LogP contribution in [0.5, 0.6) is 5.75 Å². The summed E-state index contributed by atoms with van der Waals surface area (Å²) in [6.45, 7) is 3.54. The topological polar surface area (TPSA) is 65.4 Å². The molecule has 1 unspecified atom stereocenters. The van der Waals surface area contributed by atoms with Gasteiger partial charge in [-0.25, -0.2) is 0 Å². The number of benzene rings is 1. The molecule has 1 fully saturated rings. The first-order chi connectivity index (χ1) is 10.2. The summed E-state index contributed by atoms with van der Waals surface area (Å²) in [6, 6.07) is 6.91. The normalized spacial score (nSPS) is 16.0. The first-order valence-corrected chi connectivity index (χ1v) is 7.29. The molecular weight excluding hydrogens is 266 g/mol. The van der Waals surface area contributed by atoms with Gasteiger partial charge in [-0.1, -0.05) is 0 Å². The summed E-state index contributed by atoms with van der Waals surface area (Å²) >= 11 is 0. The molecule has 1 N–H and O–H groups in total. The van der Waals surface area contributed by atoms with Crippen molar-refractivity contribution in [3.8, 4) is 11.8 Å². The zero-order valence-electron chi connectivity index (χ0n) is 12.6. The van der Waals surface area contributed by atoms with E-state index in [4.69, 9.17) is 10.00 Å². The molecule has 1 aliphatic heterocycles. The zero-order valence-corrected chi connectivity index (χ0v) is 12.6. The maximum Gasteiger partial charge on any atom is 0.244 e. The van der Waals surface area contributed by atoms with E-state index in [1.807, 2.05) is 11.8 Å². The molecule has 1 saturated heterocycles. The second kappa shape index (κ2) is 6.98. The first kappa shape index (κ1) is 15.2. The molecule has 21 heavy (non-hydrogen) atoms. The predicted molar refractivity (Wildman–Crippen MR) is 81.2 cm³/mol. The van der Waals surface area contributed by atoms with Crippen molar-refractivity contribution >= 4 is 11.6 Å². The van der Waals surface area contributed by atoms with Crippen LogP contribution >= 0.6 is 0 Å². The number of amides is 1. The Balaban J connectivity index is 2.06. The van der Waals surface area contributed by atoms with Crippen molar-refractivity contribution in [3.63, 3.8) is 0 Å². The van der Waals surface area contributed by atoms with Crippen LogP contribution in [0.15, 0.2) is 18.2 Å². The van der Waals surface area contributed by atoms with E-state index in [1.165, 1.54) is 6.42 Å². The zero-order chi connectivity index (χ0) is 15.2. The smallest absolute Gasteiger partial charge is 0.244 e. The molecule has 1 atom stereocenters. The van der Waals surface area contributed by atoms with Crippen molar-refractivity contribution in [2.45, 2.75) is 32.2 Å². The molecule has 5 nitrogen and oxygen atoms in total. The molecule has 0 radical (unpaired) electrons. The van der Waals surface area contributed by atoms with Crippen molar-refractivity contribution < 1.29 is 9.53 Å². The third-order valence-corrected chi connectivity index (χ3v) is 3.74. The largest absolute Gasteiger partial charge is 0.495 e. The molecule has 0 aliphatic carbocycles. The van der Waals surface area contributed by atoms with E-state index in [9.17, 15) is 4.79 Å². The molecular formula is C16H21N3O2. The summed E-state index contributed by atoms with van der Waals surface area (Å²) < 4.78 is 5.28. The first-order valence-electron chi connectivity index (χ1n) is 7.29. The Labute approximate surface area is 125 Å². The lowest BCUT2D eigenvalue weighted by molar-refractivity contribution is -0.132. The van der Waals surface area contributed by atoms with Crippen LogP contribution in [0.2, 0.25) is 0 Å². The monoisotopic (exact) mass is 287 g/mol. The summed E-state index contributed by atoms with van der Waals surface area (Å²) in [5.41, 5.74) is 1.27. The molecule has 0 aromatic heterocycles. The average Bonchev–Trinajstić information content (AvgIpc) is 2.55. The Morgan fingerprint density at radius 3 is 2.71 bits per heavy atom. The minimum absolute atomic E-state index is 0.112. The van der Waals surface area contributed by atoms with Gasteiger partial charge in [0.1, 0.15) is 11.8 Å². The Morgan fingerprint density at radius 1 is 1.38 bits per heavy atom. The third-order valence-electron chi connectivity index (χ3n) is 3.74. The van der Waals surface area contributed by atoms with E-state index < -0.39 is 0 Å². The minimum atomic E-state index is -0.315. The molecule has 0 spiro atoms. The lowest BCUT2D eigenvalue weighted by Gasteiger charge is -2.30. The Morgan fingerprint density at radius 2 is 2.10 bits per heavy atom. The second-order valence-electron chi connectivity index (χ2n) is 5.28. The molecule has 112 valence electrons. The molecule has 0 bridgehead atoms. The van der Waals surface area contributed by atoms with E-state index in [0.29, 0.717) is 11.3 Å². The highest BCUT2D eigenvalue weighted by Gasteiger charge is 2.22. The van der Waals surface area contributed by atoms with E-state index in [0.717, 1.165) is 31.6 Å². The van der Waals surface area contributed by atoms with E-state index in [1.54, 1.807) is 25.3 Å². The number of nitrogens with zero attached hydrogens (tertiary/aromatic N) is 2. The molecule has 1 aromatic carbocycles. The molecule has 2 rings (SSSR count). The number of ether oxygens (including phenoxy) is 1. The van der Waals surface area contributed by atoms with Crippen molar-refractivity contribution in [1.29, 1.82) is 5.26 Å². The van der Waals surface area contributed by atoms with E-state index >= 15 is 0 Å². The van der Waals surface area contributed by atoms with Crippen molar-refractivity contribution in [2.24, 2.45) is 0 Å². The second-order valence-corrected chi connectivity index (χ2v) is 5.28. The Bertz CT molecular complexity index is 545. The summed E-state index contributed by atoms with van der Waals surface area (Å²) in [7, 11) is 1.55. The Hall–Kier alpha value is -2.22. The summed E-state index contributed by atoms with van der Waals surface area (Å²) in [4.78, 5) is 14.3. The maximum atomic E-state index is 12.4. The number of hydrogen-bond acceptors (Lipinski definition) is 4. The van der Waals surface area contributed by atoms with Crippen molar-refractivity contribution in [2.75, 3.05) is 25.5 Å². The van der Waals surface area contributed by atoms with Crippen LogP contribution in [-0.2, 0) is 4.79 Å².